The average molecular weight is 220 g/mol. The van der Waals surface area contributed by atoms with E-state index >= 15 is 0 Å². The number of aromatic nitrogens is 4. The third-order valence-corrected chi connectivity index (χ3v) is 2.75. The Labute approximate surface area is 94.4 Å². The van der Waals surface area contributed by atoms with Crippen molar-refractivity contribution in [2.75, 3.05) is 0 Å². The number of hydrogen-bond donors (Lipinski definition) is 1. The van der Waals surface area contributed by atoms with Crippen LogP contribution in [-0.2, 0) is 20.5 Å². The van der Waals surface area contributed by atoms with E-state index in [2.05, 4.69) is 10.1 Å². The van der Waals surface area contributed by atoms with Gasteiger partial charge in [-0.25, -0.2) is 4.98 Å². The molecule has 86 valence electrons. The molecule has 0 bridgehead atoms. The van der Waals surface area contributed by atoms with Crippen LogP contribution in [-0.4, -0.2) is 24.4 Å². The molecule has 5 heteroatoms. The summed E-state index contributed by atoms with van der Waals surface area (Å²) in [5.41, 5.74) is 1.12. The summed E-state index contributed by atoms with van der Waals surface area (Å²) < 4.78 is 3.67. The predicted molar refractivity (Wildman–Crippen MR) is 59.7 cm³/mol. The maximum absolute atomic E-state index is 9.97. The zero-order chi connectivity index (χ0) is 11.5. The van der Waals surface area contributed by atoms with Crippen LogP contribution in [0.3, 0.4) is 0 Å². The lowest BCUT2D eigenvalue weighted by Gasteiger charge is -2.10. The van der Waals surface area contributed by atoms with Crippen LogP contribution in [0.5, 0.6) is 0 Å². The minimum Gasteiger partial charge on any atom is -0.385 e. The van der Waals surface area contributed by atoms with Gasteiger partial charge in [0.25, 0.3) is 0 Å². The van der Waals surface area contributed by atoms with Crippen molar-refractivity contribution in [1.29, 1.82) is 0 Å². The largest absolute Gasteiger partial charge is 0.385 e. The second kappa shape index (κ2) is 4.49. The number of hydrogen-bond acceptors (Lipinski definition) is 3. The molecule has 2 aromatic heterocycles. The van der Waals surface area contributed by atoms with Gasteiger partial charge in [0.2, 0.25) is 0 Å². The van der Waals surface area contributed by atoms with Gasteiger partial charge in [0.1, 0.15) is 11.9 Å². The Hall–Kier alpha value is -1.62. The molecule has 2 aromatic rings. The van der Waals surface area contributed by atoms with Gasteiger partial charge in [0.05, 0.1) is 0 Å². The van der Waals surface area contributed by atoms with E-state index in [-0.39, 0.29) is 0 Å². The van der Waals surface area contributed by atoms with E-state index in [1.165, 1.54) is 0 Å². The molecule has 0 amide bonds. The van der Waals surface area contributed by atoms with Crippen LogP contribution in [0.2, 0.25) is 0 Å². The van der Waals surface area contributed by atoms with Gasteiger partial charge in [-0.2, -0.15) is 5.10 Å². The fraction of sp³-hybridized carbons (Fsp3) is 0.455. The zero-order valence-corrected chi connectivity index (χ0v) is 9.54. The third kappa shape index (κ3) is 2.14. The molecular weight excluding hydrogens is 204 g/mol. The highest BCUT2D eigenvalue weighted by Crippen LogP contribution is 2.16. The van der Waals surface area contributed by atoms with Crippen molar-refractivity contribution in [2.45, 2.75) is 18.9 Å². The first-order valence-corrected chi connectivity index (χ1v) is 5.30. The summed E-state index contributed by atoms with van der Waals surface area (Å²) in [6.07, 6.45) is 6.23. The molecule has 1 unspecified atom stereocenters. The SMILES string of the molecule is Cn1ccnc1C(O)CCc1ccnn1C. The smallest absolute Gasteiger partial charge is 0.137 e. The first-order valence-electron chi connectivity index (χ1n) is 5.30. The maximum atomic E-state index is 9.97. The molecule has 0 saturated heterocycles. The number of aliphatic hydroxyl groups is 1. The topological polar surface area (TPSA) is 55.9 Å². The Morgan fingerprint density at radius 2 is 2.19 bits per heavy atom. The predicted octanol–water partition coefficient (Wildman–Crippen LogP) is 0.820. The average Bonchev–Trinajstić information content (AvgIpc) is 2.84. The van der Waals surface area contributed by atoms with Gasteiger partial charge in [0, 0.05) is 38.4 Å². The Morgan fingerprint density at radius 1 is 1.38 bits per heavy atom. The molecule has 1 N–H and O–H groups in total. The fourth-order valence-corrected chi connectivity index (χ4v) is 1.76. The molecule has 0 aliphatic carbocycles. The van der Waals surface area contributed by atoms with Crippen LogP contribution in [0, 0.1) is 0 Å². The van der Waals surface area contributed by atoms with E-state index in [1.807, 2.05) is 35.6 Å². The van der Waals surface area contributed by atoms with Crippen molar-refractivity contribution in [3.63, 3.8) is 0 Å². The Morgan fingerprint density at radius 3 is 2.75 bits per heavy atom. The van der Waals surface area contributed by atoms with Gasteiger partial charge in [-0.3, -0.25) is 4.68 Å². The Bertz CT molecular complexity index is 460. The number of aryl methyl sites for hydroxylation is 3. The molecule has 2 heterocycles. The van der Waals surface area contributed by atoms with Gasteiger partial charge >= 0.3 is 0 Å². The summed E-state index contributed by atoms with van der Waals surface area (Å²) in [5, 5.41) is 14.1. The Balaban J connectivity index is 1.97. The highest BCUT2D eigenvalue weighted by atomic mass is 16.3. The number of nitrogens with zero attached hydrogens (tertiary/aromatic N) is 4. The van der Waals surface area contributed by atoms with Gasteiger partial charge < -0.3 is 9.67 Å². The van der Waals surface area contributed by atoms with E-state index in [4.69, 9.17) is 0 Å². The first-order chi connectivity index (χ1) is 7.68. The summed E-state index contributed by atoms with van der Waals surface area (Å²) in [5.74, 6) is 0.710. The lowest BCUT2D eigenvalue weighted by atomic mass is 10.1. The van der Waals surface area contributed by atoms with Crippen molar-refractivity contribution in [1.82, 2.24) is 19.3 Å². The summed E-state index contributed by atoms with van der Waals surface area (Å²) in [6, 6.07) is 1.96. The van der Waals surface area contributed by atoms with Crippen molar-refractivity contribution in [2.24, 2.45) is 14.1 Å². The number of imidazole rings is 1. The second-order valence-corrected chi connectivity index (χ2v) is 3.90. The van der Waals surface area contributed by atoms with Crippen molar-refractivity contribution >= 4 is 0 Å². The lowest BCUT2D eigenvalue weighted by molar-refractivity contribution is 0.154. The minimum atomic E-state index is -0.519. The lowest BCUT2D eigenvalue weighted by Crippen LogP contribution is -2.08. The standard InChI is InChI=1S/C11H16N4O/c1-14-8-7-12-11(14)10(16)4-3-9-5-6-13-15(9)2/h5-8,10,16H,3-4H2,1-2H3. The summed E-state index contributed by atoms with van der Waals surface area (Å²) >= 11 is 0. The van der Waals surface area contributed by atoms with E-state index in [0.717, 1.165) is 12.1 Å². The molecule has 0 aliphatic heterocycles. The van der Waals surface area contributed by atoms with Crippen molar-refractivity contribution in [3.05, 3.63) is 36.2 Å². The molecule has 0 aliphatic rings. The van der Waals surface area contributed by atoms with Crippen LogP contribution in [0.4, 0.5) is 0 Å². The van der Waals surface area contributed by atoms with Gasteiger partial charge in [-0.05, 0) is 18.9 Å². The van der Waals surface area contributed by atoms with Crippen LogP contribution in [0.25, 0.3) is 0 Å². The van der Waals surface area contributed by atoms with Crippen LogP contribution in [0.1, 0.15) is 24.0 Å². The fourth-order valence-electron chi connectivity index (χ4n) is 1.76. The zero-order valence-electron chi connectivity index (χ0n) is 9.54. The molecular formula is C11H16N4O. The third-order valence-electron chi connectivity index (χ3n) is 2.75. The van der Waals surface area contributed by atoms with E-state index in [9.17, 15) is 5.11 Å². The van der Waals surface area contributed by atoms with E-state index in [1.54, 1.807) is 12.4 Å². The quantitative estimate of drug-likeness (QED) is 0.830. The van der Waals surface area contributed by atoms with Gasteiger partial charge in [-0.1, -0.05) is 0 Å². The van der Waals surface area contributed by atoms with Crippen LogP contribution >= 0.6 is 0 Å². The van der Waals surface area contributed by atoms with Gasteiger partial charge in [-0.15, -0.1) is 0 Å². The molecule has 5 nitrogen and oxygen atoms in total. The van der Waals surface area contributed by atoms with E-state index in [0.29, 0.717) is 12.2 Å². The highest BCUT2D eigenvalue weighted by molar-refractivity contribution is 5.02. The second-order valence-electron chi connectivity index (χ2n) is 3.90. The van der Waals surface area contributed by atoms with Gasteiger partial charge in [0.15, 0.2) is 0 Å². The summed E-state index contributed by atoms with van der Waals surface area (Å²) in [7, 11) is 3.79. The molecule has 0 radical (unpaired) electrons. The first kappa shape index (κ1) is 10.9. The minimum absolute atomic E-state index is 0.519. The molecule has 16 heavy (non-hydrogen) atoms. The monoisotopic (exact) mass is 220 g/mol. The molecule has 0 aromatic carbocycles. The van der Waals surface area contributed by atoms with Crippen molar-refractivity contribution < 1.29 is 5.11 Å². The van der Waals surface area contributed by atoms with E-state index < -0.39 is 6.10 Å². The van der Waals surface area contributed by atoms with Crippen LogP contribution < -0.4 is 0 Å². The molecule has 0 saturated carbocycles. The highest BCUT2D eigenvalue weighted by Gasteiger charge is 2.12. The molecule has 0 fully saturated rings. The normalized spacial score (nSPS) is 12.9. The molecule has 0 spiro atoms. The Kier molecular flexibility index (Phi) is 3.05. The maximum Gasteiger partial charge on any atom is 0.137 e. The summed E-state index contributed by atoms with van der Waals surface area (Å²) in [4.78, 5) is 4.13. The van der Waals surface area contributed by atoms with Crippen molar-refractivity contribution in [3.8, 4) is 0 Å². The number of aliphatic hydroxyl groups excluding tert-OH is 1. The molecule has 2 rings (SSSR count). The number of rotatable bonds is 4. The van der Waals surface area contributed by atoms with Crippen LogP contribution in [0.15, 0.2) is 24.7 Å². The molecule has 1 atom stereocenters. The summed E-state index contributed by atoms with van der Waals surface area (Å²) in [6.45, 7) is 0.